The van der Waals surface area contributed by atoms with Crippen LogP contribution in [0.1, 0.15) is 25.8 Å². The van der Waals surface area contributed by atoms with E-state index in [2.05, 4.69) is 0 Å². The Morgan fingerprint density at radius 1 is 1.32 bits per heavy atom. The lowest BCUT2D eigenvalue weighted by Gasteiger charge is -2.05. The molecule has 0 aliphatic rings. The molecule has 0 atom stereocenters. The molecule has 0 saturated heterocycles. The Kier molecular flexibility index (Phi) is 4.02. The lowest BCUT2D eigenvalue weighted by molar-refractivity contribution is -0.136. The van der Waals surface area contributed by atoms with Crippen LogP contribution in [0.3, 0.4) is 0 Å². The summed E-state index contributed by atoms with van der Waals surface area (Å²) in [6.45, 7) is 1.52. The number of phenols is 1. The third kappa shape index (κ3) is 2.64. The van der Waals surface area contributed by atoms with Crippen LogP contribution in [0, 0.1) is 24.1 Å². The number of carbonyl (C=O) groups is 2. The second kappa shape index (κ2) is 6.03. The molecule has 0 radical (unpaired) electrons. The summed E-state index contributed by atoms with van der Waals surface area (Å²) in [4.78, 5) is 24.6. The minimum absolute atomic E-state index is 0.0923. The van der Waals surface area contributed by atoms with Gasteiger partial charge in [0.25, 0.3) is 5.91 Å². The predicted octanol–water partition coefficient (Wildman–Crippen LogP) is 3.04. The van der Waals surface area contributed by atoms with Gasteiger partial charge in [-0.05, 0) is 36.8 Å². The van der Waals surface area contributed by atoms with Crippen molar-refractivity contribution in [3.05, 3.63) is 51.1 Å². The van der Waals surface area contributed by atoms with Crippen molar-refractivity contribution in [3.8, 4) is 11.8 Å². The second-order valence-electron chi connectivity index (χ2n) is 5.34. The molecule has 1 aromatic carbocycles. The van der Waals surface area contributed by atoms with Gasteiger partial charge in [-0.15, -0.1) is 11.3 Å². The zero-order valence-electron chi connectivity index (χ0n) is 12.9. The zero-order chi connectivity index (χ0) is 18.3. The van der Waals surface area contributed by atoms with E-state index in [-0.39, 0.29) is 27.0 Å². The van der Waals surface area contributed by atoms with Crippen molar-refractivity contribution in [2.75, 3.05) is 0 Å². The number of phenolic OH excluding ortho intramolecular Hbond substituents is 1. The van der Waals surface area contributed by atoms with Gasteiger partial charge < -0.3 is 10.2 Å². The van der Waals surface area contributed by atoms with Gasteiger partial charge in [-0.25, -0.2) is 4.39 Å². The SMILES string of the molecule is Cc1c(CC(=O)O)c2c(F)c(O)ccc2n1C(=O)c1ccc(C#N)s1. The largest absolute Gasteiger partial charge is 0.505 e. The van der Waals surface area contributed by atoms with Gasteiger partial charge in [0.15, 0.2) is 11.6 Å². The van der Waals surface area contributed by atoms with E-state index in [9.17, 15) is 19.1 Å². The van der Waals surface area contributed by atoms with Crippen molar-refractivity contribution >= 4 is 34.1 Å². The van der Waals surface area contributed by atoms with Gasteiger partial charge >= 0.3 is 5.97 Å². The third-order valence-electron chi connectivity index (χ3n) is 3.87. The smallest absolute Gasteiger partial charge is 0.307 e. The number of fused-ring (bicyclic) bond motifs is 1. The number of carboxylic acid groups (broad SMARTS) is 1. The first kappa shape index (κ1) is 16.7. The number of nitrogens with zero attached hydrogens (tertiary/aromatic N) is 2. The quantitative estimate of drug-likeness (QED) is 0.749. The van der Waals surface area contributed by atoms with Crippen molar-refractivity contribution in [3.63, 3.8) is 0 Å². The molecule has 6 nitrogen and oxygen atoms in total. The van der Waals surface area contributed by atoms with Crippen LogP contribution in [-0.4, -0.2) is 26.7 Å². The number of halogens is 1. The maximum Gasteiger partial charge on any atom is 0.307 e. The average Bonchev–Trinajstić information content (AvgIpc) is 3.14. The molecule has 0 aliphatic carbocycles. The molecule has 3 aromatic rings. The monoisotopic (exact) mass is 358 g/mol. The number of carboxylic acids is 1. The zero-order valence-corrected chi connectivity index (χ0v) is 13.7. The first-order chi connectivity index (χ1) is 11.8. The Balaban J connectivity index is 2.30. The molecule has 25 heavy (non-hydrogen) atoms. The van der Waals surface area contributed by atoms with Crippen molar-refractivity contribution in [1.82, 2.24) is 4.57 Å². The van der Waals surface area contributed by atoms with Gasteiger partial charge in [-0.2, -0.15) is 5.26 Å². The molecular formula is C17H11FN2O4S. The molecule has 2 aromatic heterocycles. The Morgan fingerprint density at radius 2 is 2.04 bits per heavy atom. The van der Waals surface area contributed by atoms with Gasteiger partial charge in [-0.3, -0.25) is 14.2 Å². The number of rotatable bonds is 3. The van der Waals surface area contributed by atoms with E-state index >= 15 is 0 Å². The van der Waals surface area contributed by atoms with Crippen molar-refractivity contribution < 1.29 is 24.2 Å². The summed E-state index contributed by atoms with van der Waals surface area (Å²) < 4.78 is 15.6. The molecule has 3 rings (SSSR count). The van der Waals surface area contributed by atoms with E-state index in [0.717, 1.165) is 17.4 Å². The summed E-state index contributed by atoms with van der Waals surface area (Å²) in [5.74, 6) is -3.25. The highest BCUT2D eigenvalue weighted by molar-refractivity contribution is 7.14. The summed E-state index contributed by atoms with van der Waals surface area (Å²) in [6.07, 6.45) is -0.489. The number of thiophene rings is 1. The number of hydrogen-bond donors (Lipinski definition) is 2. The first-order valence-corrected chi connectivity index (χ1v) is 7.94. The molecule has 0 bridgehead atoms. The molecule has 126 valence electrons. The van der Waals surface area contributed by atoms with E-state index in [4.69, 9.17) is 10.4 Å². The minimum atomic E-state index is -1.18. The standard InChI is InChI=1S/C17H11FN2O4S/c1-8-10(6-14(22)23)15-11(3-4-12(21)16(15)18)20(8)17(24)13-5-2-9(7-19)25-13/h2-5,21H,6H2,1H3,(H,22,23). The Hall–Kier alpha value is -3.18. The molecule has 0 aliphatic heterocycles. The molecule has 2 heterocycles. The molecule has 0 unspecified atom stereocenters. The van der Waals surface area contributed by atoms with Crippen molar-refractivity contribution in [2.45, 2.75) is 13.3 Å². The minimum Gasteiger partial charge on any atom is -0.505 e. The van der Waals surface area contributed by atoms with Gasteiger partial charge in [0, 0.05) is 11.1 Å². The van der Waals surface area contributed by atoms with Gasteiger partial charge in [0.05, 0.1) is 16.8 Å². The van der Waals surface area contributed by atoms with Crippen molar-refractivity contribution in [2.24, 2.45) is 0 Å². The second-order valence-corrected chi connectivity index (χ2v) is 6.43. The number of nitriles is 1. The van der Waals surface area contributed by atoms with Crippen molar-refractivity contribution in [1.29, 1.82) is 5.26 Å². The summed E-state index contributed by atoms with van der Waals surface area (Å²) in [7, 11) is 0. The van der Waals surface area contributed by atoms with Crippen LogP contribution in [0.2, 0.25) is 0 Å². The normalized spacial score (nSPS) is 10.8. The van der Waals surface area contributed by atoms with E-state index in [1.165, 1.54) is 29.7 Å². The molecule has 0 spiro atoms. The third-order valence-corrected chi connectivity index (χ3v) is 4.85. The number of benzene rings is 1. The number of carbonyl (C=O) groups excluding carboxylic acids is 1. The fraction of sp³-hybridized carbons (Fsp3) is 0.118. The van der Waals surface area contributed by atoms with E-state index in [1.54, 1.807) is 0 Å². The summed E-state index contributed by atoms with van der Waals surface area (Å²) in [5.41, 5.74) is 0.570. The molecule has 2 N–H and O–H groups in total. The van der Waals surface area contributed by atoms with Crippen LogP contribution >= 0.6 is 11.3 Å². The van der Waals surface area contributed by atoms with E-state index < -0.39 is 29.9 Å². The number of hydrogen-bond acceptors (Lipinski definition) is 5. The van der Waals surface area contributed by atoms with Crippen LogP contribution in [-0.2, 0) is 11.2 Å². The maximum atomic E-state index is 14.4. The number of aromatic hydroxyl groups is 1. The molecule has 0 fully saturated rings. The topological polar surface area (TPSA) is 103 Å². The highest BCUT2D eigenvalue weighted by Crippen LogP contribution is 2.34. The van der Waals surface area contributed by atoms with Crippen LogP contribution in [0.25, 0.3) is 10.9 Å². The number of aromatic nitrogens is 1. The highest BCUT2D eigenvalue weighted by Gasteiger charge is 2.25. The molecular weight excluding hydrogens is 347 g/mol. The van der Waals surface area contributed by atoms with Gasteiger partial charge in [-0.1, -0.05) is 0 Å². The fourth-order valence-electron chi connectivity index (χ4n) is 2.78. The molecule has 0 amide bonds. The molecule has 0 saturated carbocycles. The molecule has 8 heteroatoms. The summed E-state index contributed by atoms with van der Waals surface area (Å²) in [6, 6.07) is 7.41. The van der Waals surface area contributed by atoms with Crippen LogP contribution < -0.4 is 0 Å². The lowest BCUT2D eigenvalue weighted by Crippen LogP contribution is -2.12. The number of aliphatic carboxylic acids is 1. The van der Waals surface area contributed by atoms with Crippen LogP contribution in [0.5, 0.6) is 5.75 Å². The van der Waals surface area contributed by atoms with Crippen LogP contribution in [0.15, 0.2) is 24.3 Å². The lowest BCUT2D eigenvalue weighted by atomic mass is 10.1. The fourth-order valence-corrected chi connectivity index (χ4v) is 3.51. The maximum absolute atomic E-state index is 14.4. The Bertz CT molecular complexity index is 1070. The highest BCUT2D eigenvalue weighted by atomic mass is 32.1. The van der Waals surface area contributed by atoms with E-state index in [0.29, 0.717) is 4.88 Å². The van der Waals surface area contributed by atoms with Gasteiger partial charge in [0.1, 0.15) is 10.9 Å². The summed E-state index contributed by atoms with van der Waals surface area (Å²) in [5, 5.41) is 27.5. The van der Waals surface area contributed by atoms with E-state index in [1.807, 2.05) is 6.07 Å². The van der Waals surface area contributed by atoms with Crippen LogP contribution in [0.4, 0.5) is 4.39 Å². The first-order valence-electron chi connectivity index (χ1n) is 7.13. The Morgan fingerprint density at radius 3 is 2.64 bits per heavy atom. The average molecular weight is 358 g/mol. The summed E-state index contributed by atoms with van der Waals surface area (Å²) >= 11 is 0.993. The Labute approximate surface area is 145 Å². The predicted molar refractivity (Wildman–Crippen MR) is 88.4 cm³/mol. The van der Waals surface area contributed by atoms with Gasteiger partial charge in [0.2, 0.25) is 0 Å².